The largest absolute Gasteiger partial charge is 0.462 e. The summed E-state index contributed by atoms with van der Waals surface area (Å²) < 4.78 is 25.7. The molecular weight excluding hydrogens is 290 g/mol. The van der Waals surface area contributed by atoms with Crippen molar-refractivity contribution < 1.29 is 28.5 Å². The van der Waals surface area contributed by atoms with E-state index >= 15 is 0 Å². The number of esters is 1. The molecule has 2 N–H and O–H groups in total. The molecule has 132 valence electrons. The fraction of sp³-hybridized carbons (Fsp3) is 0.933. The summed E-state index contributed by atoms with van der Waals surface area (Å²) in [5.74, 6) is -0.00353. The van der Waals surface area contributed by atoms with Gasteiger partial charge in [0.2, 0.25) is 0 Å². The number of carbonyl (C=O) groups is 1. The third-order valence-electron chi connectivity index (χ3n) is 2.68. The number of hydrogen-bond acceptors (Lipinski definition) is 7. The van der Waals surface area contributed by atoms with Gasteiger partial charge in [-0.05, 0) is 12.3 Å². The van der Waals surface area contributed by atoms with E-state index in [0.717, 1.165) is 0 Å². The van der Waals surface area contributed by atoms with E-state index in [1.807, 2.05) is 13.8 Å². The van der Waals surface area contributed by atoms with Gasteiger partial charge in [-0.2, -0.15) is 0 Å². The van der Waals surface area contributed by atoms with E-state index in [-0.39, 0.29) is 12.6 Å². The molecule has 0 aromatic rings. The lowest BCUT2D eigenvalue weighted by Crippen LogP contribution is -2.34. The topological polar surface area (TPSA) is 89.2 Å². The molecule has 0 heterocycles. The highest BCUT2D eigenvalue weighted by molar-refractivity contribution is 5.75. The highest BCUT2D eigenvalue weighted by atomic mass is 16.6. The predicted octanol–water partition coefficient (Wildman–Crippen LogP) is 0.599. The maximum Gasteiger partial charge on any atom is 0.322 e. The fourth-order valence-corrected chi connectivity index (χ4v) is 1.60. The number of hydrogen-bond donors (Lipinski definition) is 1. The van der Waals surface area contributed by atoms with E-state index in [9.17, 15) is 4.79 Å². The van der Waals surface area contributed by atoms with Crippen molar-refractivity contribution in [2.24, 2.45) is 11.7 Å². The molecule has 0 aromatic heterocycles. The second-order valence-electron chi connectivity index (χ2n) is 5.23. The van der Waals surface area contributed by atoms with Crippen LogP contribution < -0.4 is 5.73 Å². The Hall–Kier alpha value is -0.730. The van der Waals surface area contributed by atoms with Crippen LogP contribution in [0.2, 0.25) is 0 Å². The lowest BCUT2D eigenvalue weighted by atomic mass is 10.1. The van der Waals surface area contributed by atoms with Crippen molar-refractivity contribution in [1.82, 2.24) is 0 Å². The second-order valence-corrected chi connectivity index (χ2v) is 5.23. The lowest BCUT2D eigenvalue weighted by molar-refractivity contribution is -0.147. The van der Waals surface area contributed by atoms with Gasteiger partial charge >= 0.3 is 5.97 Å². The SMILES string of the molecule is COCCOCCOCCOCCOC(=O)[C@@H](N)CC(C)C. The molecule has 22 heavy (non-hydrogen) atoms. The van der Waals surface area contributed by atoms with Crippen LogP contribution in [-0.2, 0) is 28.5 Å². The first-order chi connectivity index (χ1) is 10.6. The molecule has 0 aromatic carbocycles. The Balaban J connectivity index is 3.24. The third-order valence-corrected chi connectivity index (χ3v) is 2.68. The van der Waals surface area contributed by atoms with Crippen molar-refractivity contribution in [2.75, 3.05) is 60.0 Å². The van der Waals surface area contributed by atoms with Crippen LogP contribution in [0.3, 0.4) is 0 Å². The van der Waals surface area contributed by atoms with Gasteiger partial charge in [0.05, 0.1) is 46.2 Å². The summed E-state index contributed by atoms with van der Waals surface area (Å²) in [6, 6.07) is -0.554. The average Bonchev–Trinajstić information content (AvgIpc) is 2.47. The molecule has 7 nitrogen and oxygen atoms in total. The molecule has 0 aliphatic carbocycles. The van der Waals surface area contributed by atoms with Crippen LogP contribution in [0.25, 0.3) is 0 Å². The Labute approximate surface area is 133 Å². The van der Waals surface area contributed by atoms with Crippen molar-refractivity contribution >= 4 is 5.97 Å². The molecule has 0 saturated heterocycles. The minimum Gasteiger partial charge on any atom is -0.462 e. The molecule has 7 heteroatoms. The molecule has 0 radical (unpaired) electrons. The summed E-state index contributed by atoms with van der Waals surface area (Å²) in [5, 5.41) is 0. The molecule has 0 unspecified atom stereocenters. The van der Waals surface area contributed by atoms with Gasteiger partial charge in [0.25, 0.3) is 0 Å². The molecule has 0 spiro atoms. The van der Waals surface area contributed by atoms with E-state index in [0.29, 0.717) is 58.6 Å². The van der Waals surface area contributed by atoms with Gasteiger partial charge in [-0.25, -0.2) is 0 Å². The van der Waals surface area contributed by atoms with Crippen molar-refractivity contribution in [3.8, 4) is 0 Å². The van der Waals surface area contributed by atoms with Gasteiger partial charge in [0, 0.05) is 7.11 Å². The van der Waals surface area contributed by atoms with Crippen molar-refractivity contribution in [3.63, 3.8) is 0 Å². The summed E-state index contributed by atoms with van der Waals surface area (Å²) in [6.07, 6.45) is 0.625. The number of nitrogens with two attached hydrogens (primary N) is 1. The zero-order valence-electron chi connectivity index (χ0n) is 14.0. The van der Waals surface area contributed by atoms with Gasteiger partial charge in [0.1, 0.15) is 12.6 Å². The zero-order chi connectivity index (χ0) is 16.6. The quantitative estimate of drug-likeness (QED) is 0.349. The summed E-state index contributed by atoms with van der Waals surface area (Å²) >= 11 is 0. The molecule has 0 bridgehead atoms. The Morgan fingerprint density at radius 2 is 1.32 bits per heavy atom. The van der Waals surface area contributed by atoms with Gasteiger partial charge in [0.15, 0.2) is 0 Å². The summed E-state index contributed by atoms with van der Waals surface area (Å²) in [7, 11) is 1.63. The molecule has 0 amide bonds. The normalized spacial score (nSPS) is 12.6. The smallest absolute Gasteiger partial charge is 0.322 e. The number of rotatable bonds is 15. The summed E-state index contributed by atoms with van der Waals surface area (Å²) in [5.41, 5.74) is 5.70. The van der Waals surface area contributed by atoms with E-state index in [1.54, 1.807) is 7.11 Å². The summed E-state index contributed by atoms with van der Waals surface area (Å²) in [6.45, 7) is 7.72. The molecular formula is C15H31NO6. The highest BCUT2D eigenvalue weighted by Gasteiger charge is 2.15. The van der Waals surface area contributed by atoms with Crippen LogP contribution in [-0.4, -0.2) is 72.0 Å². The minimum absolute atomic E-state index is 0.213. The van der Waals surface area contributed by atoms with Gasteiger partial charge in [-0.15, -0.1) is 0 Å². The first-order valence-corrected chi connectivity index (χ1v) is 7.72. The maximum atomic E-state index is 11.5. The van der Waals surface area contributed by atoms with Crippen molar-refractivity contribution in [2.45, 2.75) is 26.3 Å². The van der Waals surface area contributed by atoms with Crippen LogP contribution in [0.1, 0.15) is 20.3 Å². The Bertz CT molecular complexity index is 262. The van der Waals surface area contributed by atoms with Gasteiger partial charge in [-0.1, -0.05) is 13.8 Å². The number of methoxy groups -OCH3 is 1. The molecule has 0 aliphatic heterocycles. The molecule has 0 fully saturated rings. The van der Waals surface area contributed by atoms with Crippen LogP contribution in [0.5, 0.6) is 0 Å². The van der Waals surface area contributed by atoms with Crippen LogP contribution in [0.4, 0.5) is 0 Å². The summed E-state index contributed by atoms with van der Waals surface area (Å²) in [4.78, 5) is 11.5. The zero-order valence-corrected chi connectivity index (χ0v) is 14.0. The number of carbonyl (C=O) groups excluding carboxylic acids is 1. The minimum atomic E-state index is -0.554. The molecule has 0 saturated carbocycles. The van der Waals surface area contributed by atoms with Gasteiger partial charge < -0.3 is 29.4 Å². The monoisotopic (exact) mass is 321 g/mol. The Morgan fingerprint density at radius 1 is 0.864 bits per heavy atom. The van der Waals surface area contributed by atoms with E-state index < -0.39 is 6.04 Å². The molecule has 0 aliphatic rings. The van der Waals surface area contributed by atoms with Crippen LogP contribution in [0.15, 0.2) is 0 Å². The molecule has 0 rings (SSSR count). The van der Waals surface area contributed by atoms with E-state index in [1.165, 1.54) is 0 Å². The van der Waals surface area contributed by atoms with Crippen LogP contribution >= 0.6 is 0 Å². The maximum absolute atomic E-state index is 11.5. The first-order valence-electron chi connectivity index (χ1n) is 7.72. The first kappa shape index (κ1) is 21.3. The second kappa shape index (κ2) is 15.2. The standard InChI is InChI=1S/C15H31NO6/c1-13(2)12-14(16)15(17)22-11-10-21-9-8-20-7-6-19-5-4-18-3/h13-14H,4-12,16H2,1-3H3/t14-/m0/s1. The fourth-order valence-electron chi connectivity index (χ4n) is 1.60. The highest BCUT2D eigenvalue weighted by Crippen LogP contribution is 2.03. The van der Waals surface area contributed by atoms with Gasteiger partial charge in [-0.3, -0.25) is 4.79 Å². The van der Waals surface area contributed by atoms with E-state index in [2.05, 4.69) is 0 Å². The van der Waals surface area contributed by atoms with Crippen LogP contribution in [0, 0.1) is 5.92 Å². The van der Waals surface area contributed by atoms with E-state index in [4.69, 9.17) is 29.4 Å². The average molecular weight is 321 g/mol. The lowest BCUT2D eigenvalue weighted by Gasteiger charge is -2.13. The van der Waals surface area contributed by atoms with Crippen molar-refractivity contribution in [3.05, 3.63) is 0 Å². The Kier molecular flexibility index (Phi) is 14.7. The predicted molar refractivity (Wildman–Crippen MR) is 82.7 cm³/mol. The Morgan fingerprint density at radius 3 is 1.77 bits per heavy atom. The third kappa shape index (κ3) is 14.2. The van der Waals surface area contributed by atoms with Crippen molar-refractivity contribution in [1.29, 1.82) is 0 Å². The number of ether oxygens (including phenoxy) is 5. The molecule has 1 atom stereocenters.